The predicted molar refractivity (Wildman–Crippen MR) is 73.7 cm³/mol. The maximum absolute atomic E-state index is 5.49. The summed E-state index contributed by atoms with van der Waals surface area (Å²) in [6.45, 7) is 6.52. The van der Waals surface area contributed by atoms with Crippen molar-refractivity contribution in [3.8, 4) is 0 Å². The van der Waals surface area contributed by atoms with E-state index >= 15 is 0 Å². The van der Waals surface area contributed by atoms with Crippen molar-refractivity contribution in [3.63, 3.8) is 0 Å². The molecule has 0 bridgehead atoms. The van der Waals surface area contributed by atoms with Crippen LogP contribution in [0, 0.1) is 5.92 Å². The van der Waals surface area contributed by atoms with Crippen LogP contribution < -0.4 is 5.32 Å². The van der Waals surface area contributed by atoms with Crippen LogP contribution in [0.1, 0.15) is 13.8 Å². The third-order valence-corrected chi connectivity index (χ3v) is 2.45. The Bertz CT molecular complexity index is 499. The minimum atomic E-state index is 0.575. The van der Waals surface area contributed by atoms with Crippen LogP contribution in [0.3, 0.4) is 0 Å². The van der Waals surface area contributed by atoms with E-state index in [1.54, 1.807) is 6.20 Å². The van der Waals surface area contributed by atoms with E-state index in [1.165, 1.54) is 0 Å². The lowest BCUT2D eigenvalue weighted by Crippen LogP contribution is -2.13. The van der Waals surface area contributed by atoms with Crippen molar-refractivity contribution in [2.45, 2.75) is 13.8 Å². The topological polar surface area (TPSA) is 47.0 Å². The first-order valence-corrected chi connectivity index (χ1v) is 6.29. The first-order valence-electron chi connectivity index (χ1n) is 6.29. The van der Waals surface area contributed by atoms with Crippen molar-refractivity contribution >= 4 is 16.9 Å². The molecule has 2 aromatic rings. The molecule has 4 nitrogen and oxygen atoms in total. The van der Waals surface area contributed by atoms with Gasteiger partial charge in [-0.2, -0.15) is 0 Å². The number of aromatic nitrogens is 2. The fourth-order valence-electron chi connectivity index (χ4n) is 1.61. The summed E-state index contributed by atoms with van der Waals surface area (Å²) in [5.74, 6) is 1.37. The van der Waals surface area contributed by atoms with Crippen LogP contribution >= 0.6 is 0 Å². The van der Waals surface area contributed by atoms with Gasteiger partial charge >= 0.3 is 0 Å². The van der Waals surface area contributed by atoms with E-state index in [4.69, 9.17) is 4.74 Å². The molecule has 1 aromatic carbocycles. The van der Waals surface area contributed by atoms with Gasteiger partial charge in [0.05, 0.1) is 23.8 Å². The zero-order chi connectivity index (χ0) is 12.8. The zero-order valence-electron chi connectivity index (χ0n) is 10.9. The van der Waals surface area contributed by atoms with Crippen molar-refractivity contribution in [2.24, 2.45) is 5.92 Å². The van der Waals surface area contributed by atoms with Gasteiger partial charge < -0.3 is 10.1 Å². The highest BCUT2D eigenvalue weighted by Crippen LogP contribution is 2.10. The second kappa shape index (κ2) is 6.31. The molecule has 18 heavy (non-hydrogen) atoms. The first kappa shape index (κ1) is 12.8. The second-order valence-electron chi connectivity index (χ2n) is 4.64. The van der Waals surface area contributed by atoms with Gasteiger partial charge in [0.15, 0.2) is 0 Å². The van der Waals surface area contributed by atoms with Gasteiger partial charge in [-0.15, -0.1) is 0 Å². The Kier molecular flexibility index (Phi) is 4.47. The van der Waals surface area contributed by atoms with Crippen LogP contribution in [-0.2, 0) is 4.74 Å². The normalized spacial score (nSPS) is 11.1. The molecule has 4 heteroatoms. The van der Waals surface area contributed by atoms with Crippen LogP contribution in [0.25, 0.3) is 11.0 Å². The lowest BCUT2D eigenvalue weighted by atomic mass is 10.2. The first-order chi connectivity index (χ1) is 8.75. The van der Waals surface area contributed by atoms with E-state index in [0.717, 1.165) is 30.0 Å². The number of fused-ring (bicyclic) bond motifs is 1. The van der Waals surface area contributed by atoms with E-state index in [0.29, 0.717) is 12.5 Å². The molecular weight excluding hydrogens is 226 g/mol. The Morgan fingerprint density at radius 3 is 2.78 bits per heavy atom. The Hall–Kier alpha value is -1.68. The lowest BCUT2D eigenvalue weighted by Gasteiger charge is -2.08. The standard InChI is InChI=1S/C14H19N3O/c1-11(2)10-18-8-7-15-14-9-16-12-5-3-4-6-13(12)17-14/h3-6,9,11H,7-8,10H2,1-2H3,(H,15,17). The molecule has 0 aliphatic heterocycles. The van der Waals surface area contributed by atoms with Crippen molar-refractivity contribution < 1.29 is 4.74 Å². The summed E-state index contributed by atoms with van der Waals surface area (Å²) < 4.78 is 5.49. The number of anilines is 1. The van der Waals surface area contributed by atoms with Crippen LogP contribution in [0.5, 0.6) is 0 Å². The van der Waals surface area contributed by atoms with Crippen molar-refractivity contribution in [2.75, 3.05) is 25.1 Å². The molecule has 2 rings (SSSR count). The van der Waals surface area contributed by atoms with E-state index in [2.05, 4.69) is 29.1 Å². The third kappa shape index (κ3) is 3.67. The number of ether oxygens (including phenoxy) is 1. The molecule has 0 aliphatic rings. The average Bonchev–Trinajstić information content (AvgIpc) is 2.38. The van der Waals surface area contributed by atoms with E-state index in [9.17, 15) is 0 Å². The highest BCUT2D eigenvalue weighted by atomic mass is 16.5. The SMILES string of the molecule is CC(C)COCCNc1cnc2ccccc2n1. The minimum absolute atomic E-state index is 0.575. The Labute approximate surface area is 107 Å². The number of rotatable bonds is 6. The molecule has 0 radical (unpaired) electrons. The van der Waals surface area contributed by atoms with Crippen LogP contribution in [0.4, 0.5) is 5.82 Å². The summed E-state index contributed by atoms with van der Waals surface area (Å²) in [5, 5.41) is 3.21. The molecule has 0 saturated heterocycles. The van der Waals surface area contributed by atoms with Gasteiger partial charge in [0.2, 0.25) is 0 Å². The van der Waals surface area contributed by atoms with Crippen LogP contribution in [0.15, 0.2) is 30.5 Å². The van der Waals surface area contributed by atoms with Gasteiger partial charge in [0.25, 0.3) is 0 Å². The van der Waals surface area contributed by atoms with E-state index in [1.807, 2.05) is 24.3 Å². The van der Waals surface area contributed by atoms with Gasteiger partial charge in [-0.25, -0.2) is 4.98 Å². The third-order valence-electron chi connectivity index (χ3n) is 2.45. The van der Waals surface area contributed by atoms with Crippen molar-refractivity contribution in [1.82, 2.24) is 9.97 Å². The smallest absolute Gasteiger partial charge is 0.145 e. The maximum atomic E-state index is 5.49. The molecule has 1 N–H and O–H groups in total. The summed E-state index contributed by atoms with van der Waals surface area (Å²) in [6, 6.07) is 7.84. The number of para-hydroxylation sites is 2. The number of hydrogen-bond donors (Lipinski definition) is 1. The fraction of sp³-hybridized carbons (Fsp3) is 0.429. The second-order valence-corrected chi connectivity index (χ2v) is 4.64. The lowest BCUT2D eigenvalue weighted by molar-refractivity contribution is 0.118. The van der Waals surface area contributed by atoms with Crippen molar-refractivity contribution in [3.05, 3.63) is 30.5 Å². The number of hydrogen-bond acceptors (Lipinski definition) is 4. The Morgan fingerprint density at radius 1 is 1.22 bits per heavy atom. The van der Waals surface area contributed by atoms with Gasteiger partial charge in [-0.1, -0.05) is 26.0 Å². The molecule has 0 fully saturated rings. The molecule has 0 spiro atoms. The maximum Gasteiger partial charge on any atom is 0.145 e. The molecule has 0 aliphatic carbocycles. The molecule has 0 amide bonds. The Morgan fingerprint density at radius 2 is 2.00 bits per heavy atom. The quantitative estimate of drug-likeness (QED) is 0.795. The number of benzene rings is 1. The molecular formula is C14H19N3O. The number of nitrogens with one attached hydrogen (secondary N) is 1. The van der Waals surface area contributed by atoms with Gasteiger partial charge in [-0.05, 0) is 18.1 Å². The fourth-order valence-corrected chi connectivity index (χ4v) is 1.61. The molecule has 0 saturated carbocycles. The van der Waals surface area contributed by atoms with Gasteiger partial charge in [0, 0.05) is 13.2 Å². The summed E-state index contributed by atoms with van der Waals surface area (Å²) >= 11 is 0. The van der Waals surface area contributed by atoms with Gasteiger partial charge in [-0.3, -0.25) is 4.98 Å². The summed E-state index contributed by atoms with van der Waals surface area (Å²) in [7, 11) is 0. The molecule has 0 atom stereocenters. The van der Waals surface area contributed by atoms with Crippen molar-refractivity contribution in [1.29, 1.82) is 0 Å². The molecule has 1 heterocycles. The Balaban J connectivity index is 1.84. The zero-order valence-corrected chi connectivity index (χ0v) is 10.9. The molecule has 1 aromatic heterocycles. The highest BCUT2D eigenvalue weighted by molar-refractivity contribution is 5.75. The largest absolute Gasteiger partial charge is 0.379 e. The molecule has 0 unspecified atom stereocenters. The average molecular weight is 245 g/mol. The number of nitrogens with zero attached hydrogens (tertiary/aromatic N) is 2. The summed E-state index contributed by atoms with van der Waals surface area (Å²) in [6.07, 6.45) is 1.75. The minimum Gasteiger partial charge on any atom is -0.379 e. The molecule has 96 valence electrons. The van der Waals surface area contributed by atoms with E-state index < -0.39 is 0 Å². The van der Waals surface area contributed by atoms with Gasteiger partial charge in [0.1, 0.15) is 5.82 Å². The summed E-state index contributed by atoms with van der Waals surface area (Å²) in [5.41, 5.74) is 1.82. The highest BCUT2D eigenvalue weighted by Gasteiger charge is 1.98. The van der Waals surface area contributed by atoms with Crippen LogP contribution in [-0.4, -0.2) is 29.7 Å². The summed E-state index contributed by atoms with van der Waals surface area (Å²) in [4.78, 5) is 8.82. The monoisotopic (exact) mass is 245 g/mol. The van der Waals surface area contributed by atoms with E-state index in [-0.39, 0.29) is 0 Å². The predicted octanol–water partition coefficient (Wildman–Crippen LogP) is 2.71. The van der Waals surface area contributed by atoms with Crippen LogP contribution in [0.2, 0.25) is 0 Å².